The van der Waals surface area contributed by atoms with Gasteiger partial charge in [0.2, 0.25) is 0 Å². The summed E-state index contributed by atoms with van der Waals surface area (Å²) in [6.07, 6.45) is 0. The first-order valence-corrected chi connectivity index (χ1v) is 18.9. The van der Waals surface area contributed by atoms with Gasteiger partial charge in [-0.3, -0.25) is 0 Å². The molecule has 0 nitrogen and oxygen atoms in total. The Morgan fingerprint density at radius 3 is 1.07 bits per heavy atom. The minimum absolute atomic E-state index is 0.382. The fraction of sp³-hybridized carbons (Fsp3) is 0.500. The van der Waals surface area contributed by atoms with E-state index in [2.05, 4.69) is 104 Å². The molecule has 0 unspecified atom stereocenters. The van der Waals surface area contributed by atoms with Crippen LogP contribution in [0.2, 0.25) is 36.3 Å². The van der Waals surface area contributed by atoms with Crippen molar-refractivity contribution in [1.29, 1.82) is 0 Å². The van der Waals surface area contributed by atoms with Crippen LogP contribution in [0.4, 0.5) is 0 Å². The summed E-state index contributed by atoms with van der Waals surface area (Å²) in [4.78, 5) is 5.69. The predicted octanol–water partition coefficient (Wildman–Crippen LogP) is 8.64. The molecule has 0 amide bonds. The van der Waals surface area contributed by atoms with Gasteiger partial charge in [0.05, 0.1) is 16.1 Å². The van der Waals surface area contributed by atoms with Gasteiger partial charge in [0.15, 0.2) is 0 Å². The van der Waals surface area contributed by atoms with E-state index in [1.165, 1.54) is 19.5 Å². The zero-order valence-corrected chi connectivity index (χ0v) is 24.1. The molecule has 0 aliphatic heterocycles. The zero-order valence-electron chi connectivity index (χ0n) is 19.7. The molecule has 5 heteroatoms. The van der Waals surface area contributed by atoms with E-state index in [-0.39, 0.29) is 0 Å². The van der Waals surface area contributed by atoms with Crippen LogP contribution < -0.4 is 9.00 Å². The molecule has 0 atom stereocenters. The van der Waals surface area contributed by atoms with E-state index in [1.807, 2.05) is 34.0 Å². The number of rotatable bonds is 4. The normalized spacial score (nSPS) is 13.9. The molecule has 0 spiro atoms. The summed E-state index contributed by atoms with van der Waals surface area (Å²) < 4.78 is 3.23. The number of hydrogen-bond donors (Lipinski definition) is 0. The highest BCUT2D eigenvalue weighted by Crippen LogP contribution is 2.42. The van der Waals surface area contributed by atoms with Crippen LogP contribution >= 0.6 is 34.0 Å². The van der Waals surface area contributed by atoms with Crippen molar-refractivity contribution in [1.82, 2.24) is 0 Å². The molecule has 0 aromatic carbocycles. The highest BCUT2D eigenvalue weighted by atomic mass is 32.1. The lowest BCUT2D eigenvalue weighted by Crippen LogP contribution is -2.47. The molecule has 0 radical (unpaired) electrons. The quantitative estimate of drug-likeness (QED) is 0.330. The fourth-order valence-corrected chi connectivity index (χ4v) is 12.7. The average Bonchev–Trinajstić information content (AvgIpc) is 3.31. The van der Waals surface area contributed by atoms with Gasteiger partial charge >= 0.3 is 0 Å². The molecule has 0 aliphatic carbocycles. The molecule has 0 fully saturated rings. The van der Waals surface area contributed by atoms with Crippen LogP contribution in [0.3, 0.4) is 0 Å². The Morgan fingerprint density at radius 2 is 0.759 bits per heavy atom. The monoisotopic (exact) mass is 476 g/mol. The topological polar surface area (TPSA) is 0 Å². The minimum Gasteiger partial charge on any atom is -0.144 e. The second-order valence-electron chi connectivity index (χ2n) is 11.2. The Bertz CT molecular complexity index is 909. The summed E-state index contributed by atoms with van der Waals surface area (Å²) >= 11 is 6.00. The van der Waals surface area contributed by atoms with Crippen molar-refractivity contribution in [2.45, 2.75) is 77.8 Å². The lowest BCUT2D eigenvalue weighted by Gasteiger charge is -2.35. The first-order valence-electron chi connectivity index (χ1n) is 10.5. The molecular formula is C24H36S3Si2. The summed E-state index contributed by atoms with van der Waals surface area (Å²) in [7, 11) is -2.91. The maximum Gasteiger partial charge on any atom is 0.0987 e. The van der Waals surface area contributed by atoms with Gasteiger partial charge in [-0.05, 0) is 43.3 Å². The molecule has 158 valence electrons. The van der Waals surface area contributed by atoms with Crippen LogP contribution in [0.1, 0.15) is 41.5 Å². The number of hydrogen-bond acceptors (Lipinski definition) is 3. The summed E-state index contributed by atoms with van der Waals surface area (Å²) in [5.74, 6) is 0. The fourth-order valence-electron chi connectivity index (χ4n) is 2.95. The third-order valence-corrected chi connectivity index (χ3v) is 24.5. The van der Waals surface area contributed by atoms with Crippen molar-refractivity contribution in [3.05, 3.63) is 36.4 Å². The summed E-state index contributed by atoms with van der Waals surface area (Å²) in [5.41, 5.74) is 0. The first-order chi connectivity index (χ1) is 13.1. The molecule has 0 saturated heterocycles. The minimum atomic E-state index is -1.46. The van der Waals surface area contributed by atoms with E-state index in [0.717, 1.165) is 0 Å². The van der Waals surface area contributed by atoms with Gasteiger partial charge in [0.1, 0.15) is 0 Å². The number of thiophene rings is 3. The maximum atomic E-state index is 2.51. The zero-order chi connectivity index (χ0) is 21.8. The first kappa shape index (κ1) is 23.2. The van der Waals surface area contributed by atoms with E-state index in [1.54, 1.807) is 9.00 Å². The Labute approximate surface area is 192 Å². The van der Waals surface area contributed by atoms with E-state index in [9.17, 15) is 0 Å². The van der Waals surface area contributed by atoms with E-state index >= 15 is 0 Å². The van der Waals surface area contributed by atoms with Crippen LogP contribution in [-0.2, 0) is 0 Å². The van der Waals surface area contributed by atoms with Crippen molar-refractivity contribution < 1.29 is 0 Å². The molecule has 0 N–H and O–H groups in total. The highest BCUT2D eigenvalue weighted by Gasteiger charge is 2.39. The lowest BCUT2D eigenvalue weighted by atomic mass is 10.2. The molecule has 3 aromatic rings. The summed E-state index contributed by atoms with van der Waals surface area (Å²) in [6, 6.07) is 14.2. The molecular weight excluding hydrogens is 441 g/mol. The third kappa shape index (κ3) is 4.31. The lowest BCUT2D eigenvalue weighted by molar-refractivity contribution is 0.730. The van der Waals surface area contributed by atoms with Gasteiger partial charge in [-0.2, -0.15) is 0 Å². The summed E-state index contributed by atoms with van der Waals surface area (Å²) in [6.45, 7) is 24.5. The Hall–Kier alpha value is -0.466. The largest absolute Gasteiger partial charge is 0.144 e. The molecule has 29 heavy (non-hydrogen) atoms. The van der Waals surface area contributed by atoms with Crippen molar-refractivity contribution >= 4 is 59.2 Å². The van der Waals surface area contributed by atoms with Crippen molar-refractivity contribution in [2.24, 2.45) is 0 Å². The molecule has 0 aliphatic rings. The Kier molecular flexibility index (Phi) is 6.07. The predicted molar refractivity (Wildman–Crippen MR) is 145 cm³/mol. The van der Waals surface area contributed by atoms with E-state index in [0.29, 0.717) is 10.1 Å². The van der Waals surface area contributed by atoms with Crippen molar-refractivity contribution in [2.75, 3.05) is 0 Å². The van der Waals surface area contributed by atoms with E-state index in [4.69, 9.17) is 0 Å². The van der Waals surface area contributed by atoms with Gasteiger partial charge in [0.25, 0.3) is 0 Å². The van der Waals surface area contributed by atoms with Crippen molar-refractivity contribution in [3.63, 3.8) is 0 Å². The van der Waals surface area contributed by atoms with E-state index < -0.39 is 16.1 Å². The van der Waals surface area contributed by atoms with Crippen LogP contribution in [0.15, 0.2) is 36.4 Å². The standard InChI is InChI=1S/C24H36S3Si2/c1-23(2,3)28(7,8)21-15-13-19(26-21)17-11-12-18(25-17)20-14-16-22(27-20)29(9,10)24(4,5)6/h11-16H,1-10H3. The Morgan fingerprint density at radius 1 is 0.483 bits per heavy atom. The molecule has 0 bridgehead atoms. The van der Waals surface area contributed by atoms with Crippen molar-refractivity contribution in [3.8, 4) is 19.5 Å². The van der Waals surface area contributed by atoms with Crippen LogP contribution in [0, 0.1) is 0 Å². The van der Waals surface area contributed by atoms with Crippen LogP contribution in [0.25, 0.3) is 19.5 Å². The molecule has 3 aromatic heterocycles. The smallest absolute Gasteiger partial charge is 0.0987 e. The van der Waals surface area contributed by atoms with Gasteiger partial charge in [-0.25, -0.2) is 0 Å². The molecule has 3 rings (SSSR count). The summed E-state index contributed by atoms with van der Waals surface area (Å²) in [5, 5.41) is 0.764. The van der Waals surface area contributed by atoms with Gasteiger partial charge in [0, 0.05) is 19.5 Å². The maximum absolute atomic E-state index is 2.51. The van der Waals surface area contributed by atoms with Crippen LogP contribution in [-0.4, -0.2) is 16.1 Å². The highest BCUT2D eigenvalue weighted by molar-refractivity contribution is 7.33. The molecule has 3 heterocycles. The second kappa shape index (κ2) is 7.59. The van der Waals surface area contributed by atoms with Gasteiger partial charge in [-0.15, -0.1) is 34.0 Å². The third-order valence-electron chi connectivity index (χ3n) is 7.29. The SMILES string of the molecule is CC(C)(C)[Si](C)(C)c1ccc(-c2ccc(-c3ccc([Si](C)(C)C(C)(C)C)s3)s2)s1. The molecule has 0 saturated carbocycles. The van der Waals surface area contributed by atoms with Gasteiger partial charge < -0.3 is 0 Å². The van der Waals surface area contributed by atoms with Gasteiger partial charge in [-0.1, -0.05) is 79.9 Å². The van der Waals surface area contributed by atoms with Crippen LogP contribution in [0.5, 0.6) is 0 Å². The second-order valence-corrected chi connectivity index (χ2v) is 25.8. The Balaban J connectivity index is 1.88. The average molecular weight is 477 g/mol.